The van der Waals surface area contributed by atoms with Gasteiger partial charge in [0.1, 0.15) is 22.8 Å². The molecule has 2 aromatic rings. The zero-order valence-corrected chi connectivity index (χ0v) is 17.5. The number of aryl methyl sites for hydroxylation is 1. The third-order valence-electron chi connectivity index (χ3n) is 5.84. The van der Waals surface area contributed by atoms with Gasteiger partial charge in [0.2, 0.25) is 0 Å². The maximum absolute atomic E-state index is 13.1. The molecule has 34 heavy (non-hydrogen) atoms. The molecule has 0 aliphatic heterocycles. The molecule has 0 atom stereocenters. The first-order valence-electron chi connectivity index (χ1n) is 10.4. The fraction of sp³-hybridized carbons (Fsp3) is 0.650. The van der Waals surface area contributed by atoms with E-state index in [1.165, 1.54) is 6.07 Å². The summed E-state index contributed by atoms with van der Waals surface area (Å²) in [6.45, 7) is 0. The maximum Gasteiger partial charge on any atom is 0.433 e. The summed E-state index contributed by atoms with van der Waals surface area (Å²) in [7, 11) is 0. The number of fused-ring (bicyclic) bond motifs is 1. The number of nitrogens with zero attached hydrogens (tertiary/aromatic N) is 3. The Morgan fingerprint density at radius 2 is 1.59 bits per heavy atom. The number of carbonyl (C=O) groups excluding carboxylic acids is 1. The summed E-state index contributed by atoms with van der Waals surface area (Å²) in [6, 6.07) is 1.86. The molecule has 5 nitrogen and oxygen atoms in total. The van der Waals surface area contributed by atoms with Crippen LogP contribution in [0.3, 0.4) is 0 Å². The van der Waals surface area contributed by atoms with Crippen molar-refractivity contribution < 1.29 is 49.4 Å². The zero-order valence-electron chi connectivity index (χ0n) is 17.5. The molecule has 14 heteroatoms. The molecule has 1 aliphatic carbocycles. The summed E-state index contributed by atoms with van der Waals surface area (Å²) in [5, 5.41) is 9.11. The van der Waals surface area contributed by atoms with Gasteiger partial charge in [0.15, 0.2) is 5.65 Å². The average molecular weight is 505 g/mol. The minimum atomic E-state index is -6.07. The van der Waals surface area contributed by atoms with E-state index < -0.39 is 48.4 Å². The summed E-state index contributed by atoms with van der Waals surface area (Å²) in [6.07, 6.45) is -17.2. The number of alkyl halides is 9. The number of unbranched alkanes of at least 4 members (excludes halogenated alkanes) is 1. The highest BCUT2D eigenvalue weighted by atomic mass is 19.4. The monoisotopic (exact) mass is 505 g/mol. The molecule has 0 aromatic carbocycles. The first-order valence-corrected chi connectivity index (χ1v) is 10.4. The molecule has 0 amide bonds. The highest BCUT2D eigenvalue weighted by Gasteiger charge is 2.70. The molecule has 1 aliphatic rings. The van der Waals surface area contributed by atoms with Gasteiger partial charge in [-0.1, -0.05) is 0 Å². The first kappa shape index (κ1) is 26.2. The van der Waals surface area contributed by atoms with E-state index >= 15 is 0 Å². The van der Waals surface area contributed by atoms with Crippen LogP contribution in [0.25, 0.3) is 11.2 Å². The van der Waals surface area contributed by atoms with Crippen molar-refractivity contribution in [1.82, 2.24) is 14.5 Å². The second-order valence-corrected chi connectivity index (χ2v) is 8.30. The first-order chi connectivity index (χ1) is 15.5. The van der Waals surface area contributed by atoms with E-state index in [2.05, 4.69) is 9.97 Å². The Morgan fingerprint density at radius 3 is 2.09 bits per heavy atom. The van der Waals surface area contributed by atoms with Crippen LogP contribution in [-0.2, 0) is 17.4 Å². The van der Waals surface area contributed by atoms with Gasteiger partial charge in [-0.05, 0) is 44.2 Å². The number of rotatable bonds is 8. The van der Waals surface area contributed by atoms with Gasteiger partial charge in [0.25, 0.3) is 5.60 Å². The summed E-state index contributed by atoms with van der Waals surface area (Å²) >= 11 is 0. The lowest BCUT2D eigenvalue weighted by Gasteiger charge is -2.31. The van der Waals surface area contributed by atoms with Crippen LogP contribution in [0.5, 0.6) is 0 Å². The van der Waals surface area contributed by atoms with Crippen LogP contribution in [-0.4, -0.2) is 43.4 Å². The topological polar surface area (TPSA) is 68.0 Å². The molecule has 3 rings (SSSR count). The summed E-state index contributed by atoms with van der Waals surface area (Å²) in [5.41, 5.74) is -5.94. The number of aliphatic hydroxyl groups is 1. The Balaban J connectivity index is 1.68. The molecule has 0 radical (unpaired) electrons. The summed E-state index contributed by atoms with van der Waals surface area (Å²) in [4.78, 5) is 19.8. The lowest BCUT2D eigenvalue weighted by atomic mass is 9.92. The molecular weight excluding hydrogens is 485 g/mol. The van der Waals surface area contributed by atoms with Gasteiger partial charge in [0.05, 0.1) is 6.42 Å². The number of carbonyl (C=O) groups is 1. The molecule has 2 aromatic heterocycles. The van der Waals surface area contributed by atoms with Crippen molar-refractivity contribution in [3.05, 3.63) is 23.7 Å². The number of Topliss-reactive ketones (excluding diaryl/α,β-unsaturated/α-hetero) is 1. The number of halogens is 9. The van der Waals surface area contributed by atoms with Crippen LogP contribution in [0.15, 0.2) is 12.1 Å². The number of ketones is 1. The Morgan fingerprint density at radius 1 is 0.971 bits per heavy atom. The highest BCUT2D eigenvalue weighted by molar-refractivity contribution is 5.79. The Kier molecular flexibility index (Phi) is 6.95. The van der Waals surface area contributed by atoms with E-state index in [0.29, 0.717) is 18.7 Å². The second kappa shape index (κ2) is 9.00. The van der Waals surface area contributed by atoms with Crippen molar-refractivity contribution in [2.75, 3.05) is 0 Å². The Hall–Kier alpha value is -2.38. The number of imidazole rings is 1. The van der Waals surface area contributed by atoms with Gasteiger partial charge in [0, 0.05) is 18.9 Å². The van der Waals surface area contributed by atoms with Gasteiger partial charge in [-0.2, -0.15) is 39.5 Å². The van der Waals surface area contributed by atoms with Crippen molar-refractivity contribution in [3.63, 3.8) is 0 Å². The minimum Gasteiger partial charge on any atom is -0.373 e. The lowest BCUT2D eigenvalue weighted by Crippen LogP contribution is -2.57. The molecule has 1 fully saturated rings. The third-order valence-corrected chi connectivity index (χ3v) is 5.84. The zero-order chi connectivity index (χ0) is 25.5. The molecule has 0 spiro atoms. The van der Waals surface area contributed by atoms with Crippen LogP contribution < -0.4 is 0 Å². The SMILES string of the molecule is O=C(CCCCc1nc2ccc(C(F)(F)F)nc2n1C1CCC1)CC(O)(C(F)(F)F)C(F)(F)F. The van der Waals surface area contributed by atoms with E-state index in [1.54, 1.807) is 4.57 Å². The predicted octanol–water partition coefficient (Wildman–Crippen LogP) is 5.70. The predicted molar refractivity (Wildman–Crippen MR) is 99.7 cm³/mol. The van der Waals surface area contributed by atoms with E-state index in [0.717, 1.165) is 12.5 Å². The standard InChI is InChI=1S/C20H20F9N3O2/c21-18(22,23)14-9-8-13-16(31-14)32(11-4-3-5-11)15(30-13)7-2-1-6-12(33)10-17(34,19(24,25)26)20(27,28)29/h8-9,11,34H,1-7,10H2. The average Bonchev–Trinajstić information content (AvgIpc) is 2.99. The van der Waals surface area contributed by atoms with Crippen molar-refractivity contribution in [3.8, 4) is 0 Å². The van der Waals surface area contributed by atoms with Crippen LogP contribution in [0.4, 0.5) is 39.5 Å². The van der Waals surface area contributed by atoms with Crippen LogP contribution in [0.1, 0.15) is 62.5 Å². The van der Waals surface area contributed by atoms with Crippen LogP contribution in [0, 0.1) is 0 Å². The van der Waals surface area contributed by atoms with Gasteiger partial charge in [-0.15, -0.1) is 0 Å². The second-order valence-electron chi connectivity index (χ2n) is 8.30. The van der Waals surface area contributed by atoms with Crippen LogP contribution in [0.2, 0.25) is 0 Å². The van der Waals surface area contributed by atoms with Gasteiger partial charge in [-0.3, -0.25) is 4.79 Å². The molecule has 190 valence electrons. The van der Waals surface area contributed by atoms with E-state index in [9.17, 15) is 44.3 Å². The molecule has 2 heterocycles. The fourth-order valence-corrected chi connectivity index (χ4v) is 3.72. The normalized spacial score (nSPS) is 16.2. The fourth-order valence-electron chi connectivity index (χ4n) is 3.72. The van der Waals surface area contributed by atoms with Gasteiger partial charge in [-0.25, -0.2) is 9.97 Å². The molecule has 1 saturated carbocycles. The van der Waals surface area contributed by atoms with Gasteiger partial charge < -0.3 is 9.67 Å². The van der Waals surface area contributed by atoms with E-state index in [-0.39, 0.29) is 36.5 Å². The Bertz CT molecular complexity index is 1020. The number of hydrogen-bond donors (Lipinski definition) is 1. The van der Waals surface area contributed by atoms with Crippen molar-refractivity contribution in [2.45, 2.75) is 81.5 Å². The number of pyridine rings is 1. The lowest BCUT2D eigenvalue weighted by molar-refractivity contribution is -0.367. The van der Waals surface area contributed by atoms with Crippen molar-refractivity contribution in [1.29, 1.82) is 0 Å². The quantitative estimate of drug-likeness (QED) is 0.369. The molecule has 0 unspecified atom stereocenters. The van der Waals surface area contributed by atoms with E-state index in [1.807, 2.05) is 0 Å². The third kappa shape index (κ3) is 5.15. The molecule has 1 N–H and O–H groups in total. The Labute approximate surface area is 187 Å². The summed E-state index contributed by atoms with van der Waals surface area (Å²) < 4.78 is 117. The van der Waals surface area contributed by atoms with Crippen molar-refractivity contribution in [2.24, 2.45) is 0 Å². The number of hydrogen-bond acceptors (Lipinski definition) is 4. The van der Waals surface area contributed by atoms with Gasteiger partial charge >= 0.3 is 18.5 Å². The smallest absolute Gasteiger partial charge is 0.373 e. The summed E-state index contributed by atoms with van der Waals surface area (Å²) in [5.74, 6) is -1.04. The molecule has 0 saturated heterocycles. The highest BCUT2D eigenvalue weighted by Crippen LogP contribution is 2.45. The van der Waals surface area contributed by atoms with E-state index in [4.69, 9.17) is 5.11 Å². The minimum absolute atomic E-state index is 0.0472. The van der Waals surface area contributed by atoms with Crippen LogP contribution >= 0.6 is 0 Å². The maximum atomic E-state index is 13.1. The van der Waals surface area contributed by atoms with Crippen molar-refractivity contribution >= 4 is 16.9 Å². The largest absolute Gasteiger partial charge is 0.433 e. The number of aromatic nitrogens is 3. The molecule has 0 bridgehead atoms. The molecular formula is C20H20F9N3O2.